The van der Waals surface area contributed by atoms with E-state index < -0.39 is 0 Å². The average Bonchev–Trinajstić information content (AvgIpc) is 2.25. The molecule has 1 heterocycles. The van der Waals surface area contributed by atoms with Gasteiger partial charge in [-0.2, -0.15) is 5.26 Å². The molecule has 16 heavy (non-hydrogen) atoms. The number of hydrogen-bond donors (Lipinski definition) is 1. The number of aromatic nitrogens is 1. The van der Waals surface area contributed by atoms with Gasteiger partial charge in [0.1, 0.15) is 11.8 Å². The Hall–Kier alpha value is -1.40. The quantitative estimate of drug-likeness (QED) is 0.846. The monoisotopic (exact) mass is 217 g/mol. The second-order valence-corrected chi connectivity index (χ2v) is 5.13. The number of hydrogen-bond acceptors (Lipinski definition) is 3. The highest BCUT2D eigenvalue weighted by molar-refractivity contribution is 5.25. The maximum atomic E-state index is 8.74. The molecule has 1 N–H and O–H groups in total. The molecule has 0 saturated carbocycles. The third kappa shape index (κ3) is 3.63. The lowest BCUT2D eigenvalue weighted by Gasteiger charge is -2.28. The molecule has 0 spiro atoms. The van der Waals surface area contributed by atoms with Gasteiger partial charge in [0, 0.05) is 18.8 Å². The third-order valence-electron chi connectivity index (χ3n) is 2.85. The number of nitrogens with zero attached hydrogens (tertiary/aromatic N) is 2. The van der Waals surface area contributed by atoms with Gasteiger partial charge in [0.15, 0.2) is 0 Å². The van der Waals surface area contributed by atoms with Crippen molar-refractivity contribution >= 4 is 0 Å². The lowest BCUT2D eigenvalue weighted by atomic mass is 9.88. The van der Waals surface area contributed by atoms with Crippen LogP contribution in [0.3, 0.4) is 0 Å². The Balaban J connectivity index is 2.59. The van der Waals surface area contributed by atoms with Crippen molar-refractivity contribution in [2.75, 3.05) is 0 Å². The van der Waals surface area contributed by atoms with Crippen LogP contribution < -0.4 is 5.32 Å². The van der Waals surface area contributed by atoms with Crippen LogP contribution in [0.5, 0.6) is 0 Å². The van der Waals surface area contributed by atoms with Gasteiger partial charge in [-0.25, -0.2) is 4.98 Å². The van der Waals surface area contributed by atoms with E-state index in [-0.39, 0.29) is 5.41 Å². The van der Waals surface area contributed by atoms with Gasteiger partial charge >= 0.3 is 0 Å². The molecule has 86 valence electrons. The molecular weight excluding hydrogens is 198 g/mol. The molecular formula is C13H19N3. The zero-order valence-corrected chi connectivity index (χ0v) is 10.4. The molecule has 0 radical (unpaired) electrons. The normalized spacial score (nSPS) is 13.2. The van der Waals surface area contributed by atoms with Crippen LogP contribution in [0.2, 0.25) is 0 Å². The first-order chi connectivity index (χ1) is 7.43. The summed E-state index contributed by atoms with van der Waals surface area (Å²) >= 11 is 0. The van der Waals surface area contributed by atoms with E-state index in [1.54, 1.807) is 6.20 Å². The number of pyridine rings is 1. The Labute approximate surface area is 97.5 Å². The first kappa shape index (κ1) is 12.7. The van der Waals surface area contributed by atoms with Crippen LogP contribution in [-0.2, 0) is 6.54 Å². The number of nitrogens with one attached hydrogen (secondary N) is 1. The van der Waals surface area contributed by atoms with Crippen LogP contribution in [-0.4, -0.2) is 11.0 Å². The summed E-state index contributed by atoms with van der Waals surface area (Å²) in [4.78, 5) is 3.94. The summed E-state index contributed by atoms with van der Waals surface area (Å²) in [6.07, 6.45) is 1.68. The zero-order valence-electron chi connectivity index (χ0n) is 10.4. The fourth-order valence-electron chi connectivity index (χ4n) is 1.22. The van der Waals surface area contributed by atoms with Crippen LogP contribution in [0, 0.1) is 16.7 Å². The lowest BCUT2D eigenvalue weighted by molar-refractivity contribution is 0.285. The fraction of sp³-hybridized carbons (Fsp3) is 0.538. The molecule has 0 aliphatic rings. The predicted molar refractivity (Wildman–Crippen MR) is 64.7 cm³/mol. The summed E-state index contributed by atoms with van der Waals surface area (Å²) < 4.78 is 0. The predicted octanol–water partition coefficient (Wildman–Crippen LogP) is 2.48. The molecule has 1 unspecified atom stereocenters. The van der Waals surface area contributed by atoms with E-state index in [4.69, 9.17) is 5.26 Å². The van der Waals surface area contributed by atoms with Crippen LogP contribution >= 0.6 is 0 Å². The van der Waals surface area contributed by atoms with Crippen LogP contribution in [0.4, 0.5) is 0 Å². The van der Waals surface area contributed by atoms with Crippen molar-refractivity contribution < 1.29 is 0 Å². The van der Waals surface area contributed by atoms with Gasteiger partial charge in [-0.1, -0.05) is 20.8 Å². The minimum absolute atomic E-state index is 0.241. The maximum Gasteiger partial charge on any atom is 0.140 e. The van der Waals surface area contributed by atoms with Crippen molar-refractivity contribution in [3.8, 4) is 6.07 Å². The van der Waals surface area contributed by atoms with Crippen LogP contribution in [0.15, 0.2) is 18.3 Å². The summed E-state index contributed by atoms with van der Waals surface area (Å²) in [5, 5.41) is 12.2. The van der Waals surface area contributed by atoms with Crippen molar-refractivity contribution in [1.82, 2.24) is 10.3 Å². The summed E-state index contributed by atoms with van der Waals surface area (Å²) in [6.45, 7) is 9.57. The van der Waals surface area contributed by atoms with E-state index in [0.29, 0.717) is 11.7 Å². The molecule has 0 saturated heterocycles. The van der Waals surface area contributed by atoms with E-state index in [0.717, 1.165) is 12.1 Å². The molecule has 0 aromatic carbocycles. The summed E-state index contributed by atoms with van der Waals surface area (Å²) in [5.41, 5.74) is 1.82. The van der Waals surface area contributed by atoms with E-state index in [1.165, 1.54) is 0 Å². The second kappa shape index (κ2) is 5.09. The second-order valence-electron chi connectivity index (χ2n) is 5.13. The molecule has 3 nitrogen and oxygen atoms in total. The molecule has 1 aromatic heterocycles. The highest BCUT2D eigenvalue weighted by Gasteiger charge is 2.18. The Morgan fingerprint density at radius 3 is 2.75 bits per heavy atom. The highest BCUT2D eigenvalue weighted by Crippen LogP contribution is 2.18. The van der Waals surface area contributed by atoms with Crippen LogP contribution in [0.25, 0.3) is 0 Å². The SMILES string of the molecule is CC(NCc1ccnc(C#N)c1)C(C)(C)C. The van der Waals surface area contributed by atoms with Gasteiger partial charge < -0.3 is 5.32 Å². The van der Waals surface area contributed by atoms with E-state index in [1.807, 2.05) is 18.2 Å². The van der Waals surface area contributed by atoms with Crippen LogP contribution in [0.1, 0.15) is 39.0 Å². The van der Waals surface area contributed by atoms with Gasteiger partial charge in [0.05, 0.1) is 0 Å². The molecule has 1 atom stereocenters. The summed E-state index contributed by atoms with van der Waals surface area (Å²) in [7, 11) is 0. The third-order valence-corrected chi connectivity index (χ3v) is 2.85. The average molecular weight is 217 g/mol. The van der Waals surface area contributed by atoms with Crippen molar-refractivity contribution in [2.45, 2.75) is 40.3 Å². The van der Waals surface area contributed by atoms with Gasteiger partial charge in [-0.05, 0) is 30.0 Å². The van der Waals surface area contributed by atoms with Crippen molar-refractivity contribution in [1.29, 1.82) is 5.26 Å². The highest BCUT2D eigenvalue weighted by atomic mass is 14.9. The van der Waals surface area contributed by atoms with Crippen molar-refractivity contribution in [3.63, 3.8) is 0 Å². The van der Waals surface area contributed by atoms with Crippen molar-refractivity contribution in [2.24, 2.45) is 5.41 Å². The topological polar surface area (TPSA) is 48.7 Å². The Kier molecular flexibility index (Phi) is 4.03. The van der Waals surface area contributed by atoms with Gasteiger partial charge in [-0.3, -0.25) is 0 Å². The number of rotatable bonds is 3. The van der Waals surface area contributed by atoms with Gasteiger partial charge in [0.25, 0.3) is 0 Å². The largest absolute Gasteiger partial charge is 0.310 e. The maximum absolute atomic E-state index is 8.74. The molecule has 0 bridgehead atoms. The van der Waals surface area contributed by atoms with Gasteiger partial charge in [-0.15, -0.1) is 0 Å². The standard InChI is InChI=1S/C13H19N3/c1-10(13(2,3)4)16-9-11-5-6-15-12(7-11)8-14/h5-7,10,16H,9H2,1-4H3. The molecule has 0 aliphatic heterocycles. The van der Waals surface area contributed by atoms with E-state index in [2.05, 4.69) is 38.0 Å². The Morgan fingerprint density at radius 2 is 2.19 bits per heavy atom. The van der Waals surface area contributed by atoms with E-state index in [9.17, 15) is 0 Å². The molecule has 1 aromatic rings. The molecule has 0 amide bonds. The lowest BCUT2D eigenvalue weighted by Crippen LogP contribution is -2.37. The molecule has 1 rings (SSSR count). The Morgan fingerprint density at radius 1 is 1.50 bits per heavy atom. The summed E-state index contributed by atoms with van der Waals surface area (Å²) in [6, 6.07) is 6.22. The first-order valence-electron chi connectivity index (χ1n) is 5.52. The van der Waals surface area contributed by atoms with Gasteiger partial charge in [0.2, 0.25) is 0 Å². The number of nitriles is 1. The van der Waals surface area contributed by atoms with Crippen molar-refractivity contribution in [3.05, 3.63) is 29.6 Å². The molecule has 3 heteroatoms. The zero-order chi connectivity index (χ0) is 12.2. The minimum Gasteiger partial charge on any atom is -0.310 e. The minimum atomic E-state index is 0.241. The Bertz CT molecular complexity index is 385. The first-order valence-corrected chi connectivity index (χ1v) is 5.52. The smallest absolute Gasteiger partial charge is 0.140 e. The molecule has 0 aliphatic carbocycles. The summed E-state index contributed by atoms with van der Waals surface area (Å²) in [5.74, 6) is 0. The fourth-order valence-corrected chi connectivity index (χ4v) is 1.22. The van der Waals surface area contributed by atoms with E-state index >= 15 is 0 Å². The molecule has 0 fully saturated rings.